The number of rotatable bonds is 0. The van der Waals surface area contributed by atoms with E-state index in [1.54, 1.807) is 52.3 Å². The molecular formula is C25H28ClN7O4. The number of hydrogen-bond acceptors (Lipinski definition) is 7. The average molecular weight is 526 g/mol. The fourth-order valence-electron chi connectivity index (χ4n) is 4.46. The van der Waals surface area contributed by atoms with E-state index in [9.17, 15) is 14.4 Å². The zero-order valence-electron chi connectivity index (χ0n) is 20.3. The van der Waals surface area contributed by atoms with Gasteiger partial charge >= 0.3 is 0 Å². The highest BCUT2D eigenvalue weighted by Crippen LogP contribution is 2.25. The van der Waals surface area contributed by atoms with E-state index < -0.39 is 0 Å². The third-order valence-electron chi connectivity index (χ3n) is 6.53. The molecule has 37 heavy (non-hydrogen) atoms. The minimum Gasteiger partial charge on any atom is -0.492 e. The monoisotopic (exact) mass is 525 g/mol. The van der Waals surface area contributed by atoms with Crippen molar-refractivity contribution in [1.29, 1.82) is 0 Å². The number of nitrogens with one attached hydrogen (secondary N) is 1. The van der Waals surface area contributed by atoms with Crippen molar-refractivity contribution in [3.05, 3.63) is 74.9 Å². The maximum Gasteiger partial charge on any atom is 0.263 e. The van der Waals surface area contributed by atoms with Crippen molar-refractivity contribution in [2.75, 3.05) is 45.9 Å². The van der Waals surface area contributed by atoms with E-state index in [4.69, 9.17) is 16.3 Å². The van der Waals surface area contributed by atoms with Crippen LogP contribution in [0.5, 0.6) is 5.75 Å². The molecule has 4 aliphatic heterocycles. The number of aryl methyl sites for hydroxylation is 1. The molecule has 0 saturated carbocycles. The Labute approximate surface area is 218 Å². The van der Waals surface area contributed by atoms with Gasteiger partial charge in [-0.15, -0.1) is 5.10 Å². The van der Waals surface area contributed by atoms with Gasteiger partial charge in [0.1, 0.15) is 17.0 Å². The fourth-order valence-corrected chi connectivity index (χ4v) is 4.70. The first kappa shape index (κ1) is 25.0. The number of fused-ring (bicyclic) bond motifs is 2. The van der Waals surface area contributed by atoms with Gasteiger partial charge in [0.2, 0.25) is 0 Å². The lowest BCUT2D eigenvalue weighted by Gasteiger charge is -2.34. The van der Waals surface area contributed by atoms with Crippen LogP contribution in [0.15, 0.2) is 47.5 Å². The Bertz CT molecular complexity index is 1350. The van der Waals surface area contributed by atoms with Crippen LogP contribution in [0.1, 0.15) is 32.8 Å². The molecule has 2 aromatic heterocycles. The summed E-state index contributed by atoms with van der Waals surface area (Å²) >= 11 is 6.35. The van der Waals surface area contributed by atoms with E-state index in [-0.39, 0.29) is 29.5 Å². The van der Waals surface area contributed by atoms with Crippen molar-refractivity contribution in [2.24, 2.45) is 0 Å². The first-order valence-electron chi connectivity index (χ1n) is 12.3. The summed E-state index contributed by atoms with van der Waals surface area (Å²) < 4.78 is 8.95. The smallest absolute Gasteiger partial charge is 0.263 e. The molecule has 2 amide bonds. The molecule has 3 aromatic rings. The Balaban J connectivity index is 1.35. The van der Waals surface area contributed by atoms with Crippen molar-refractivity contribution >= 4 is 23.4 Å². The summed E-state index contributed by atoms with van der Waals surface area (Å²) in [6.07, 6.45) is 4.08. The number of nitrogens with zero attached hydrogens (tertiary/aromatic N) is 6. The molecule has 4 aliphatic rings. The topological polar surface area (TPSA) is 115 Å². The number of amides is 2. The zero-order chi connectivity index (χ0) is 25.8. The van der Waals surface area contributed by atoms with E-state index in [1.807, 2.05) is 0 Å². The lowest BCUT2D eigenvalue weighted by atomic mass is 10.2. The van der Waals surface area contributed by atoms with Gasteiger partial charge in [-0.25, -0.2) is 0 Å². The van der Waals surface area contributed by atoms with Crippen molar-refractivity contribution in [1.82, 2.24) is 34.7 Å². The van der Waals surface area contributed by atoms with Crippen LogP contribution in [0.2, 0.25) is 5.02 Å². The minimum absolute atomic E-state index is 0.145. The van der Waals surface area contributed by atoms with Gasteiger partial charge in [-0.05, 0) is 30.3 Å². The van der Waals surface area contributed by atoms with Gasteiger partial charge in [0, 0.05) is 64.0 Å². The normalized spacial score (nSPS) is 17.8. The largest absolute Gasteiger partial charge is 0.492 e. The molecule has 1 fully saturated rings. The third kappa shape index (κ3) is 5.83. The number of carbonyl (C=O) groups is 2. The van der Waals surface area contributed by atoms with Gasteiger partial charge in [0.15, 0.2) is 0 Å². The van der Waals surface area contributed by atoms with E-state index >= 15 is 0 Å². The highest BCUT2D eigenvalue weighted by Gasteiger charge is 2.24. The summed E-state index contributed by atoms with van der Waals surface area (Å²) in [6.45, 7) is 4.63. The Morgan fingerprint density at radius 3 is 2.65 bits per heavy atom. The van der Waals surface area contributed by atoms with Crippen LogP contribution in [-0.4, -0.2) is 87.1 Å². The summed E-state index contributed by atoms with van der Waals surface area (Å²) in [6, 6.07) is 8.28. The summed E-state index contributed by atoms with van der Waals surface area (Å²) in [5, 5.41) is 11.6. The Hall–Kier alpha value is -3.70. The molecule has 0 aliphatic carbocycles. The van der Waals surface area contributed by atoms with Crippen LogP contribution < -0.4 is 15.6 Å². The number of ether oxygens (including phenoxy) is 1. The molecule has 0 unspecified atom stereocenters. The van der Waals surface area contributed by atoms with Crippen LogP contribution in [0.25, 0.3) is 0 Å². The molecular weight excluding hydrogens is 498 g/mol. The SMILES string of the molecule is O=C1NCCN2CCN(CC2)C(=O)c2cccn(c2=O)Cc2cn(nn2)CCCOc2ccc1cc2Cl. The highest BCUT2D eigenvalue weighted by molar-refractivity contribution is 6.32. The summed E-state index contributed by atoms with van der Waals surface area (Å²) in [5.74, 6) is 0.0310. The average Bonchev–Trinajstić information content (AvgIpc) is 3.35. The molecule has 0 spiro atoms. The predicted octanol–water partition coefficient (Wildman–Crippen LogP) is 1.11. The summed E-state index contributed by atoms with van der Waals surface area (Å²) in [5.41, 5.74) is 0.877. The number of carbonyl (C=O) groups excluding carboxylic acids is 2. The quantitative estimate of drug-likeness (QED) is 0.467. The number of benzene rings is 1. The van der Waals surface area contributed by atoms with Gasteiger partial charge in [-0.3, -0.25) is 24.0 Å². The maximum absolute atomic E-state index is 13.1. The molecule has 1 saturated heterocycles. The number of halogens is 1. The predicted molar refractivity (Wildman–Crippen MR) is 136 cm³/mol. The van der Waals surface area contributed by atoms with Crippen LogP contribution in [0.3, 0.4) is 0 Å². The van der Waals surface area contributed by atoms with Crippen molar-refractivity contribution in [2.45, 2.75) is 19.5 Å². The zero-order valence-corrected chi connectivity index (χ0v) is 21.1. The molecule has 7 rings (SSSR count). The molecule has 11 nitrogen and oxygen atoms in total. The van der Waals surface area contributed by atoms with Gasteiger partial charge in [0.05, 0.1) is 24.4 Å². The third-order valence-corrected chi connectivity index (χ3v) is 6.82. The number of hydrogen-bond donors (Lipinski definition) is 1. The second-order valence-corrected chi connectivity index (χ2v) is 9.47. The van der Waals surface area contributed by atoms with Gasteiger partial charge in [-0.2, -0.15) is 0 Å². The second kappa shape index (κ2) is 11.1. The maximum atomic E-state index is 13.1. The molecule has 8 bridgehead atoms. The Kier molecular flexibility index (Phi) is 7.52. The van der Waals surface area contributed by atoms with Crippen LogP contribution in [-0.2, 0) is 13.1 Å². The van der Waals surface area contributed by atoms with Gasteiger partial charge < -0.3 is 19.5 Å². The lowest BCUT2D eigenvalue weighted by Crippen LogP contribution is -2.51. The number of pyridine rings is 1. The summed E-state index contributed by atoms with van der Waals surface area (Å²) in [7, 11) is 0. The van der Waals surface area contributed by atoms with Gasteiger partial charge in [-0.1, -0.05) is 16.8 Å². The minimum atomic E-state index is -0.349. The van der Waals surface area contributed by atoms with E-state index in [2.05, 4.69) is 20.5 Å². The van der Waals surface area contributed by atoms with E-state index in [0.29, 0.717) is 80.9 Å². The van der Waals surface area contributed by atoms with E-state index in [0.717, 1.165) is 0 Å². The molecule has 6 heterocycles. The van der Waals surface area contributed by atoms with Crippen molar-refractivity contribution in [3.63, 3.8) is 0 Å². The van der Waals surface area contributed by atoms with Crippen molar-refractivity contribution in [3.8, 4) is 5.75 Å². The molecule has 0 atom stereocenters. The van der Waals surface area contributed by atoms with Gasteiger partial charge in [0.25, 0.3) is 17.4 Å². The Morgan fingerprint density at radius 1 is 1.00 bits per heavy atom. The fraction of sp³-hybridized carbons (Fsp3) is 0.400. The standard InChI is InChI=1S/C25H28ClN7O4/c26-21-15-18-4-5-22(21)37-14-2-8-33-17-19(28-29-33)16-32-7-1-3-20(25(32)36)24(35)31-12-10-30(11-13-31)9-6-27-23(18)34/h1,3-5,7,15,17H,2,6,8-14,16H2,(H,27,34). The molecule has 194 valence electrons. The second-order valence-electron chi connectivity index (χ2n) is 9.06. The highest BCUT2D eigenvalue weighted by atomic mass is 35.5. The number of aromatic nitrogens is 4. The van der Waals surface area contributed by atoms with E-state index in [1.165, 1.54) is 4.57 Å². The molecule has 1 aromatic carbocycles. The molecule has 0 radical (unpaired) electrons. The van der Waals surface area contributed by atoms with Crippen LogP contribution in [0.4, 0.5) is 0 Å². The molecule has 1 N–H and O–H groups in total. The molecule has 12 heteroatoms. The summed E-state index contributed by atoms with van der Waals surface area (Å²) in [4.78, 5) is 42.7. The first-order valence-corrected chi connectivity index (χ1v) is 12.7. The Morgan fingerprint density at radius 2 is 1.84 bits per heavy atom. The number of piperazine rings is 1. The van der Waals surface area contributed by atoms with Crippen LogP contribution >= 0.6 is 11.6 Å². The lowest BCUT2D eigenvalue weighted by molar-refractivity contribution is 0.0635. The van der Waals surface area contributed by atoms with Crippen molar-refractivity contribution < 1.29 is 14.3 Å². The van der Waals surface area contributed by atoms with Crippen LogP contribution in [0, 0.1) is 0 Å². The first-order chi connectivity index (χ1) is 18.0.